The lowest BCUT2D eigenvalue weighted by molar-refractivity contribution is -0.139. The number of hydrogen-bond acceptors (Lipinski definition) is 7. The minimum atomic E-state index is -1.58. The number of aliphatic hydroxyl groups excluding tert-OH is 1. The van der Waals surface area contributed by atoms with Gasteiger partial charge in [0.25, 0.3) is 0 Å². The van der Waals surface area contributed by atoms with Gasteiger partial charge in [-0.15, -0.1) is 0 Å². The number of benzene rings is 1. The van der Waals surface area contributed by atoms with Crippen molar-refractivity contribution in [2.45, 2.75) is 13.0 Å². The molecule has 0 saturated heterocycles. The number of aromatic nitrogens is 1. The van der Waals surface area contributed by atoms with Crippen molar-refractivity contribution in [1.82, 2.24) is 5.16 Å². The maximum atomic E-state index is 12.1. The lowest BCUT2D eigenvalue weighted by Gasteiger charge is -2.11. The van der Waals surface area contributed by atoms with E-state index in [1.807, 2.05) is 0 Å². The Balaban J connectivity index is 2.48. The lowest BCUT2D eigenvalue weighted by atomic mass is 10.0. The molecule has 0 saturated carbocycles. The van der Waals surface area contributed by atoms with E-state index in [0.717, 1.165) is 0 Å². The van der Waals surface area contributed by atoms with Crippen LogP contribution in [0.1, 0.15) is 29.1 Å². The average Bonchev–Trinajstić information content (AvgIpc) is 3.05. The highest BCUT2D eigenvalue weighted by atomic mass is 16.5. The maximum Gasteiger partial charge on any atom is 0.343 e. The van der Waals surface area contributed by atoms with E-state index >= 15 is 0 Å². The molecule has 126 valence electrons. The third-order valence-corrected chi connectivity index (χ3v) is 3.27. The second-order valence-corrected chi connectivity index (χ2v) is 4.78. The summed E-state index contributed by atoms with van der Waals surface area (Å²) in [6.07, 6.45) is -1.58. The number of ether oxygens (including phenoxy) is 2. The summed E-state index contributed by atoms with van der Waals surface area (Å²) in [6, 6.07) is 8.78. The predicted octanol–water partition coefficient (Wildman–Crippen LogP) is 2.28. The van der Waals surface area contributed by atoms with E-state index < -0.39 is 18.0 Å². The Morgan fingerprint density at radius 2 is 2.00 bits per heavy atom. The normalized spacial score (nSPS) is 11.6. The average molecular weight is 331 g/mol. The van der Waals surface area contributed by atoms with Gasteiger partial charge < -0.3 is 19.1 Å². The molecule has 0 aliphatic rings. The van der Waals surface area contributed by atoms with Gasteiger partial charge in [0, 0.05) is 5.56 Å². The molecular formula is C17H17NO6. The zero-order valence-corrected chi connectivity index (χ0v) is 13.3. The molecule has 1 atom stereocenters. The van der Waals surface area contributed by atoms with Crippen molar-refractivity contribution in [2.24, 2.45) is 0 Å². The highest BCUT2D eigenvalue weighted by molar-refractivity contribution is 5.98. The second-order valence-electron chi connectivity index (χ2n) is 4.78. The maximum absolute atomic E-state index is 12.1. The quantitative estimate of drug-likeness (QED) is 0.640. The molecule has 0 fully saturated rings. The third-order valence-electron chi connectivity index (χ3n) is 3.27. The van der Waals surface area contributed by atoms with E-state index in [1.54, 1.807) is 37.3 Å². The number of esters is 2. The monoisotopic (exact) mass is 331 g/mol. The van der Waals surface area contributed by atoms with Gasteiger partial charge in [-0.05, 0) is 6.92 Å². The molecule has 1 heterocycles. The van der Waals surface area contributed by atoms with Crippen molar-refractivity contribution >= 4 is 11.9 Å². The third kappa shape index (κ3) is 3.36. The zero-order chi connectivity index (χ0) is 17.7. The Labute approximate surface area is 138 Å². The number of methoxy groups -OCH3 is 1. The molecule has 0 spiro atoms. The summed E-state index contributed by atoms with van der Waals surface area (Å²) >= 11 is 0. The first kappa shape index (κ1) is 17.4. The number of rotatable bonds is 6. The first-order valence-corrected chi connectivity index (χ1v) is 7.18. The minimum Gasteiger partial charge on any atom is -0.465 e. The van der Waals surface area contributed by atoms with Crippen LogP contribution < -0.4 is 0 Å². The molecule has 7 nitrogen and oxygen atoms in total. The largest absolute Gasteiger partial charge is 0.465 e. The molecule has 1 aromatic heterocycles. The summed E-state index contributed by atoms with van der Waals surface area (Å²) in [7, 11) is 1.19. The summed E-state index contributed by atoms with van der Waals surface area (Å²) in [4.78, 5) is 23.9. The number of carbonyl (C=O) groups is 2. The van der Waals surface area contributed by atoms with Crippen molar-refractivity contribution < 1.29 is 28.7 Å². The molecule has 1 N–H and O–H groups in total. The molecule has 0 radical (unpaired) electrons. The van der Waals surface area contributed by atoms with Gasteiger partial charge in [0.1, 0.15) is 17.4 Å². The van der Waals surface area contributed by atoms with Crippen LogP contribution in [0.2, 0.25) is 0 Å². The first-order chi connectivity index (χ1) is 11.5. The van der Waals surface area contributed by atoms with Crippen LogP contribution in [-0.4, -0.2) is 35.9 Å². The molecule has 2 aromatic rings. The summed E-state index contributed by atoms with van der Waals surface area (Å²) in [5.41, 5.74) is 0.467. The van der Waals surface area contributed by atoms with Gasteiger partial charge in [-0.25, -0.2) is 9.59 Å². The van der Waals surface area contributed by atoms with E-state index in [9.17, 15) is 14.7 Å². The van der Waals surface area contributed by atoms with Gasteiger partial charge in [-0.1, -0.05) is 42.1 Å². The minimum absolute atomic E-state index is 0.0679. The van der Waals surface area contributed by atoms with Gasteiger partial charge in [0.2, 0.25) is 0 Å². The van der Waals surface area contributed by atoms with Crippen molar-refractivity contribution in [3.05, 3.63) is 53.8 Å². The van der Waals surface area contributed by atoms with Crippen molar-refractivity contribution in [3.8, 4) is 11.3 Å². The van der Waals surface area contributed by atoms with Gasteiger partial charge in [-0.2, -0.15) is 0 Å². The fraction of sp³-hybridized carbons (Fsp3) is 0.235. The Bertz CT molecular complexity index is 750. The summed E-state index contributed by atoms with van der Waals surface area (Å²) in [5.74, 6) is -1.77. The number of nitrogens with zero attached hydrogens (tertiary/aromatic N) is 1. The standard InChI is InChI=1S/C17H17NO6/c1-4-23-16(20)10(2)14(19)15-12(17(21)22-3)13(18-24-15)11-8-6-5-7-9-11/h5-9,14,19H,2,4H2,1,3H3. The van der Waals surface area contributed by atoms with Crippen LogP contribution in [0.5, 0.6) is 0 Å². The highest BCUT2D eigenvalue weighted by Crippen LogP contribution is 2.32. The molecule has 0 aliphatic heterocycles. The highest BCUT2D eigenvalue weighted by Gasteiger charge is 2.32. The van der Waals surface area contributed by atoms with Gasteiger partial charge in [0.05, 0.1) is 19.3 Å². The van der Waals surface area contributed by atoms with Crippen molar-refractivity contribution in [1.29, 1.82) is 0 Å². The van der Waals surface area contributed by atoms with Gasteiger partial charge >= 0.3 is 11.9 Å². The fourth-order valence-corrected chi connectivity index (χ4v) is 2.08. The van der Waals surface area contributed by atoms with Crippen LogP contribution in [0, 0.1) is 0 Å². The first-order valence-electron chi connectivity index (χ1n) is 7.18. The van der Waals surface area contributed by atoms with E-state index in [4.69, 9.17) is 14.0 Å². The Kier molecular flexibility index (Phi) is 5.49. The Morgan fingerprint density at radius 1 is 1.33 bits per heavy atom. The van der Waals surface area contributed by atoms with Crippen LogP contribution in [-0.2, 0) is 14.3 Å². The molecule has 1 unspecified atom stereocenters. The zero-order valence-electron chi connectivity index (χ0n) is 13.3. The van der Waals surface area contributed by atoms with E-state index in [0.29, 0.717) is 5.56 Å². The van der Waals surface area contributed by atoms with Crippen LogP contribution in [0.25, 0.3) is 11.3 Å². The van der Waals surface area contributed by atoms with Gasteiger partial charge in [0.15, 0.2) is 5.76 Å². The number of hydrogen-bond donors (Lipinski definition) is 1. The van der Waals surface area contributed by atoms with Crippen LogP contribution in [0.4, 0.5) is 0 Å². The summed E-state index contributed by atoms with van der Waals surface area (Å²) in [6.45, 7) is 5.24. The lowest BCUT2D eigenvalue weighted by Crippen LogP contribution is -2.16. The molecule has 24 heavy (non-hydrogen) atoms. The molecule has 0 amide bonds. The summed E-state index contributed by atoms with van der Waals surface area (Å²) < 4.78 is 14.6. The van der Waals surface area contributed by atoms with Crippen LogP contribution in [0.3, 0.4) is 0 Å². The van der Waals surface area contributed by atoms with E-state index in [1.165, 1.54) is 7.11 Å². The smallest absolute Gasteiger partial charge is 0.343 e. The SMILES string of the molecule is C=C(C(=O)OCC)C(O)c1onc(-c2ccccc2)c1C(=O)OC. The number of aliphatic hydroxyl groups is 1. The molecule has 0 aliphatic carbocycles. The van der Waals surface area contributed by atoms with E-state index in [2.05, 4.69) is 11.7 Å². The molecule has 2 rings (SSSR count). The molecule has 7 heteroatoms. The molecular weight excluding hydrogens is 314 g/mol. The fourth-order valence-electron chi connectivity index (χ4n) is 2.08. The van der Waals surface area contributed by atoms with Crippen LogP contribution >= 0.6 is 0 Å². The Morgan fingerprint density at radius 3 is 2.58 bits per heavy atom. The molecule has 1 aromatic carbocycles. The predicted molar refractivity (Wildman–Crippen MR) is 84.0 cm³/mol. The summed E-state index contributed by atoms with van der Waals surface area (Å²) in [5, 5.41) is 14.2. The molecule has 0 bridgehead atoms. The van der Waals surface area contributed by atoms with Gasteiger partial charge in [-0.3, -0.25) is 0 Å². The number of carbonyl (C=O) groups excluding carboxylic acids is 2. The van der Waals surface area contributed by atoms with Crippen LogP contribution in [0.15, 0.2) is 47.0 Å². The Hall–Kier alpha value is -2.93. The van der Waals surface area contributed by atoms with Crippen molar-refractivity contribution in [3.63, 3.8) is 0 Å². The van der Waals surface area contributed by atoms with E-state index in [-0.39, 0.29) is 29.2 Å². The topological polar surface area (TPSA) is 98.9 Å². The second kappa shape index (κ2) is 7.56. The van der Waals surface area contributed by atoms with Crippen molar-refractivity contribution in [2.75, 3.05) is 13.7 Å².